The fraction of sp³-hybridized carbons (Fsp3) is 0.444. The first kappa shape index (κ1) is 19.5. The Balaban J connectivity index is 1.46. The van der Waals surface area contributed by atoms with Crippen LogP contribution < -0.4 is 0 Å². The number of fused-ring (bicyclic) bond motifs is 1. The van der Waals surface area contributed by atoms with Gasteiger partial charge in [0.05, 0.1) is 11.8 Å². The Morgan fingerprint density at radius 2 is 1.61 bits per heavy atom. The quantitative estimate of drug-likeness (QED) is 0.598. The number of rotatable bonds is 4. The van der Waals surface area contributed by atoms with Gasteiger partial charge in [0, 0.05) is 23.8 Å². The Morgan fingerprint density at radius 3 is 2.29 bits per heavy atom. The minimum atomic E-state index is 0.114. The van der Waals surface area contributed by atoms with E-state index in [0.717, 1.165) is 13.1 Å². The maximum atomic E-state index is 12.6. The van der Waals surface area contributed by atoms with Crippen molar-refractivity contribution >= 4 is 17.7 Å². The van der Waals surface area contributed by atoms with Crippen molar-refractivity contribution in [1.29, 1.82) is 0 Å². The SMILES string of the molecule is CC1=C(N2CCCCC2)N2C(=O)CC2SC1C1(c2ccccc2)CC1c1ccccc1. The van der Waals surface area contributed by atoms with E-state index < -0.39 is 0 Å². The standard InChI is InChI=1S/C27H30N2OS/c1-19-25(31-24-17-23(30)29(24)26(19)28-15-9-4-10-16-28)27(21-13-7-3-8-14-21)18-22(27)20-11-5-2-6-12-20/h2-3,5-8,11-14,22,24-25H,4,9-10,15-18H2,1H3. The second-order valence-corrected chi connectivity index (χ2v) is 10.9. The van der Waals surface area contributed by atoms with Crippen molar-refractivity contribution in [2.45, 2.75) is 61.0 Å². The van der Waals surface area contributed by atoms with E-state index in [0.29, 0.717) is 28.9 Å². The molecule has 1 aliphatic carbocycles. The highest BCUT2D eigenvalue weighted by Gasteiger charge is 2.64. The van der Waals surface area contributed by atoms with Crippen molar-refractivity contribution in [3.63, 3.8) is 0 Å². The van der Waals surface area contributed by atoms with Gasteiger partial charge in [0.15, 0.2) is 0 Å². The summed E-state index contributed by atoms with van der Waals surface area (Å²) in [6.45, 7) is 4.48. The predicted octanol–water partition coefficient (Wildman–Crippen LogP) is 5.50. The highest BCUT2D eigenvalue weighted by molar-refractivity contribution is 8.00. The summed E-state index contributed by atoms with van der Waals surface area (Å²) in [5.74, 6) is 2.09. The lowest BCUT2D eigenvalue weighted by Crippen LogP contribution is -2.58. The molecular formula is C27H30N2OS. The van der Waals surface area contributed by atoms with Gasteiger partial charge in [-0.1, -0.05) is 60.7 Å². The van der Waals surface area contributed by atoms with Gasteiger partial charge < -0.3 is 4.90 Å². The first-order valence-electron chi connectivity index (χ1n) is 11.7. The van der Waals surface area contributed by atoms with Crippen LogP contribution in [0.4, 0.5) is 0 Å². The summed E-state index contributed by atoms with van der Waals surface area (Å²) in [5.41, 5.74) is 4.44. The lowest BCUT2D eigenvalue weighted by molar-refractivity contribution is -0.140. The third-order valence-corrected chi connectivity index (χ3v) is 9.55. The topological polar surface area (TPSA) is 23.6 Å². The molecule has 3 heterocycles. The maximum absolute atomic E-state index is 12.6. The van der Waals surface area contributed by atoms with E-state index >= 15 is 0 Å². The molecule has 0 spiro atoms. The molecule has 0 aromatic heterocycles. The van der Waals surface area contributed by atoms with Crippen LogP contribution in [-0.4, -0.2) is 39.4 Å². The number of benzene rings is 2. The molecule has 160 valence electrons. The monoisotopic (exact) mass is 430 g/mol. The molecule has 3 fully saturated rings. The van der Waals surface area contributed by atoms with E-state index in [2.05, 4.69) is 77.4 Å². The minimum absolute atomic E-state index is 0.114. The molecular weight excluding hydrogens is 400 g/mol. The zero-order valence-corrected chi connectivity index (χ0v) is 19.0. The normalized spacial score (nSPS) is 32.5. The van der Waals surface area contributed by atoms with Gasteiger partial charge in [-0.15, -0.1) is 11.8 Å². The van der Waals surface area contributed by atoms with Crippen molar-refractivity contribution < 1.29 is 4.79 Å². The molecule has 31 heavy (non-hydrogen) atoms. The molecule has 1 amide bonds. The summed E-state index contributed by atoms with van der Waals surface area (Å²) in [5, 5.41) is 0.710. The molecule has 4 atom stereocenters. The van der Waals surface area contributed by atoms with E-state index in [1.807, 2.05) is 11.8 Å². The fourth-order valence-corrected chi connectivity index (χ4v) is 8.06. The van der Waals surface area contributed by atoms with Gasteiger partial charge in [-0.3, -0.25) is 9.69 Å². The lowest BCUT2D eigenvalue weighted by atomic mass is 9.84. The predicted molar refractivity (Wildman–Crippen MR) is 127 cm³/mol. The number of nitrogens with zero attached hydrogens (tertiary/aromatic N) is 2. The summed E-state index contributed by atoms with van der Waals surface area (Å²) in [6.07, 6.45) is 5.65. The summed E-state index contributed by atoms with van der Waals surface area (Å²) >= 11 is 2.04. The minimum Gasteiger partial charge on any atom is -0.358 e. The Hall–Kier alpha value is -2.20. The van der Waals surface area contributed by atoms with Gasteiger partial charge in [0.2, 0.25) is 5.91 Å². The number of likely N-dealkylation sites (tertiary alicyclic amines) is 1. The maximum Gasteiger partial charge on any atom is 0.232 e. The highest BCUT2D eigenvalue weighted by atomic mass is 32.2. The highest BCUT2D eigenvalue weighted by Crippen LogP contribution is 2.68. The van der Waals surface area contributed by atoms with Gasteiger partial charge in [0.25, 0.3) is 0 Å². The molecule has 1 saturated carbocycles. The molecule has 4 heteroatoms. The van der Waals surface area contributed by atoms with Crippen LogP contribution in [0, 0.1) is 0 Å². The number of hydrogen-bond acceptors (Lipinski definition) is 3. The van der Waals surface area contributed by atoms with Gasteiger partial charge in [0.1, 0.15) is 5.82 Å². The number of piperidine rings is 1. The van der Waals surface area contributed by atoms with Crippen molar-refractivity contribution in [2.24, 2.45) is 0 Å². The average Bonchev–Trinajstić information content (AvgIpc) is 3.58. The number of carbonyl (C=O) groups excluding carboxylic acids is 1. The van der Waals surface area contributed by atoms with Crippen LogP contribution in [0.25, 0.3) is 0 Å². The van der Waals surface area contributed by atoms with Gasteiger partial charge in [-0.25, -0.2) is 0 Å². The van der Waals surface area contributed by atoms with E-state index in [-0.39, 0.29) is 5.41 Å². The van der Waals surface area contributed by atoms with Crippen molar-refractivity contribution in [2.75, 3.05) is 13.1 Å². The molecule has 2 aromatic carbocycles. The van der Waals surface area contributed by atoms with Crippen LogP contribution in [0.2, 0.25) is 0 Å². The third kappa shape index (κ3) is 2.98. The molecule has 2 saturated heterocycles. The molecule has 0 bridgehead atoms. The first-order chi connectivity index (χ1) is 15.2. The third-order valence-electron chi connectivity index (χ3n) is 7.81. The van der Waals surface area contributed by atoms with Crippen molar-refractivity contribution in [1.82, 2.24) is 9.80 Å². The first-order valence-corrected chi connectivity index (χ1v) is 12.7. The number of carbonyl (C=O) groups is 1. The second-order valence-electron chi connectivity index (χ2n) is 9.57. The molecule has 3 aliphatic heterocycles. The summed E-state index contributed by atoms with van der Waals surface area (Å²) < 4.78 is 0. The summed E-state index contributed by atoms with van der Waals surface area (Å²) in [6, 6.07) is 22.2. The number of β-lactam (4-membered cyclic amide) rings is 1. The molecule has 4 aliphatic rings. The molecule has 3 nitrogen and oxygen atoms in total. The van der Waals surface area contributed by atoms with Crippen LogP contribution in [0.1, 0.15) is 56.1 Å². The Labute approximate surface area is 189 Å². The van der Waals surface area contributed by atoms with Gasteiger partial charge in [-0.05, 0) is 55.2 Å². The average molecular weight is 431 g/mol. The van der Waals surface area contributed by atoms with Crippen LogP contribution >= 0.6 is 11.8 Å². The zero-order chi connectivity index (χ0) is 21.0. The van der Waals surface area contributed by atoms with E-state index in [4.69, 9.17) is 0 Å². The van der Waals surface area contributed by atoms with Crippen molar-refractivity contribution in [3.05, 3.63) is 83.2 Å². The van der Waals surface area contributed by atoms with Crippen molar-refractivity contribution in [3.8, 4) is 0 Å². The van der Waals surface area contributed by atoms with Crippen LogP contribution in [-0.2, 0) is 10.2 Å². The molecule has 4 unspecified atom stereocenters. The number of thioether (sulfide) groups is 1. The number of hydrogen-bond donors (Lipinski definition) is 0. The fourth-order valence-electron chi connectivity index (χ4n) is 6.22. The summed E-state index contributed by atoms with van der Waals surface area (Å²) in [7, 11) is 0. The largest absolute Gasteiger partial charge is 0.358 e. The van der Waals surface area contributed by atoms with E-state index in [9.17, 15) is 4.79 Å². The second kappa shape index (κ2) is 7.44. The molecule has 2 aromatic rings. The van der Waals surface area contributed by atoms with E-state index in [1.54, 1.807) is 0 Å². The smallest absolute Gasteiger partial charge is 0.232 e. The Kier molecular flexibility index (Phi) is 4.68. The molecule has 6 rings (SSSR count). The van der Waals surface area contributed by atoms with E-state index in [1.165, 1.54) is 48.2 Å². The Bertz CT molecular complexity index is 1010. The summed E-state index contributed by atoms with van der Waals surface area (Å²) in [4.78, 5) is 17.3. The van der Waals surface area contributed by atoms with Gasteiger partial charge in [-0.2, -0.15) is 0 Å². The number of amides is 1. The van der Waals surface area contributed by atoms with Crippen LogP contribution in [0.15, 0.2) is 72.1 Å². The molecule has 0 radical (unpaired) electrons. The lowest BCUT2D eigenvalue weighted by Gasteiger charge is -2.52. The Morgan fingerprint density at radius 1 is 0.935 bits per heavy atom. The van der Waals surface area contributed by atoms with Crippen LogP contribution in [0.5, 0.6) is 0 Å². The molecule has 0 N–H and O–H groups in total. The van der Waals surface area contributed by atoms with Crippen LogP contribution in [0.3, 0.4) is 0 Å². The zero-order valence-electron chi connectivity index (χ0n) is 18.2. The van der Waals surface area contributed by atoms with Gasteiger partial charge >= 0.3 is 0 Å².